The number of para-hydroxylation sites is 1. The predicted molar refractivity (Wildman–Crippen MR) is 201 cm³/mol. The van der Waals surface area contributed by atoms with E-state index >= 15 is 0 Å². The van der Waals surface area contributed by atoms with Crippen LogP contribution in [0.2, 0.25) is 0 Å². The lowest BCUT2D eigenvalue weighted by atomic mass is 9.98. The zero-order valence-corrected chi connectivity index (χ0v) is 27.2. The van der Waals surface area contributed by atoms with Crippen molar-refractivity contribution in [1.29, 1.82) is 0 Å². The van der Waals surface area contributed by atoms with Crippen LogP contribution in [0.4, 0.5) is 0 Å². The summed E-state index contributed by atoms with van der Waals surface area (Å²) in [4.78, 5) is 15.5. The van der Waals surface area contributed by atoms with Crippen molar-refractivity contribution in [3.63, 3.8) is 0 Å². The Bertz CT molecular complexity index is 2670. The molecule has 0 saturated carbocycles. The van der Waals surface area contributed by atoms with Gasteiger partial charge in [-0.1, -0.05) is 127 Å². The Morgan fingerprint density at radius 2 is 1.00 bits per heavy atom. The highest BCUT2D eigenvalue weighted by Crippen LogP contribution is 2.37. The quantitative estimate of drug-likeness (QED) is 0.190. The van der Waals surface area contributed by atoms with Gasteiger partial charge in [0.05, 0.1) is 0 Å². The van der Waals surface area contributed by atoms with E-state index in [2.05, 4.69) is 129 Å². The number of benzene rings is 7. The van der Waals surface area contributed by atoms with Crippen LogP contribution in [0.25, 0.3) is 89.1 Å². The van der Waals surface area contributed by atoms with Gasteiger partial charge in [-0.25, -0.2) is 15.0 Å². The number of aromatic nitrogens is 3. The number of furan rings is 1. The molecule has 4 nitrogen and oxygen atoms in total. The normalized spacial score (nSPS) is 11.5. The van der Waals surface area contributed by atoms with E-state index in [4.69, 9.17) is 19.4 Å². The minimum absolute atomic E-state index is 0.608. The zero-order valence-electron chi connectivity index (χ0n) is 27.2. The Hall–Kier alpha value is -6.39. The van der Waals surface area contributed by atoms with E-state index in [0.29, 0.717) is 17.5 Å². The number of nitrogens with zero attached hydrogens (tertiary/aromatic N) is 3. The summed E-state index contributed by atoms with van der Waals surface area (Å²) < 4.78 is 6.25. The van der Waals surface area contributed by atoms with Crippen LogP contribution in [-0.2, 0) is 0 Å². The van der Waals surface area contributed by atoms with Crippen LogP contribution in [0.1, 0.15) is 11.1 Å². The van der Waals surface area contributed by atoms with Crippen molar-refractivity contribution in [2.24, 2.45) is 0 Å². The van der Waals surface area contributed by atoms with E-state index in [1.807, 2.05) is 36.4 Å². The average Bonchev–Trinajstić information content (AvgIpc) is 3.54. The van der Waals surface area contributed by atoms with Crippen molar-refractivity contribution in [3.8, 4) is 56.4 Å². The van der Waals surface area contributed by atoms with Crippen LogP contribution in [0.3, 0.4) is 0 Å². The molecular weight excluding hydrogens is 599 g/mol. The maximum atomic E-state index is 6.25. The fraction of sp³-hybridized carbons (Fsp3) is 0.0444. The van der Waals surface area contributed by atoms with E-state index in [9.17, 15) is 0 Å². The minimum Gasteiger partial charge on any atom is -0.456 e. The molecule has 0 aliphatic rings. The molecule has 49 heavy (non-hydrogen) atoms. The molecule has 2 heterocycles. The highest BCUT2D eigenvalue weighted by Gasteiger charge is 2.19. The fourth-order valence-electron chi connectivity index (χ4n) is 6.69. The monoisotopic (exact) mass is 629 g/mol. The molecule has 2 aromatic heterocycles. The van der Waals surface area contributed by atoms with E-state index in [-0.39, 0.29) is 0 Å². The molecule has 9 aromatic rings. The van der Waals surface area contributed by atoms with Crippen molar-refractivity contribution < 1.29 is 4.42 Å². The van der Waals surface area contributed by atoms with Gasteiger partial charge < -0.3 is 4.42 Å². The van der Waals surface area contributed by atoms with Crippen LogP contribution >= 0.6 is 0 Å². The average molecular weight is 630 g/mol. The Labute approximate surface area is 284 Å². The van der Waals surface area contributed by atoms with Crippen LogP contribution in [-0.4, -0.2) is 15.0 Å². The van der Waals surface area contributed by atoms with Crippen molar-refractivity contribution in [2.45, 2.75) is 13.8 Å². The standard InChI is InChI=1S/C45H31N3O/c1-28-15-18-31(19-16-28)32-21-22-34-26-36(24-23-33(34)25-32)43-46-44(38-12-8-14-41-42(38)37-11-6-7-13-40(37)49-41)48-45(47-43)39-27-35(20-17-29(39)2)30-9-4-3-5-10-30/h3-27H,1-2H3. The molecule has 0 spiro atoms. The topological polar surface area (TPSA) is 51.8 Å². The zero-order chi connectivity index (χ0) is 32.9. The summed E-state index contributed by atoms with van der Waals surface area (Å²) in [7, 11) is 0. The fourth-order valence-corrected chi connectivity index (χ4v) is 6.69. The number of hydrogen-bond donors (Lipinski definition) is 0. The Morgan fingerprint density at radius 3 is 1.82 bits per heavy atom. The summed E-state index contributed by atoms with van der Waals surface area (Å²) in [5.41, 5.74) is 11.5. The van der Waals surface area contributed by atoms with Crippen LogP contribution in [0.5, 0.6) is 0 Å². The first-order valence-electron chi connectivity index (χ1n) is 16.5. The van der Waals surface area contributed by atoms with Gasteiger partial charge in [0.1, 0.15) is 11.2 Å². The van der Waals surface area contributed by atoms with Crippen molar-refractivity contribution >= 4 is 32.7 Å². The third kappa shape index (κ3) is 5.24. The summed E-state index contributed by atoms with van der Waals surface area (Å²) in [6, 6.07) is 52.9. The molecule has 0 N–H and O–H groups in total. The minimum atomic E-state index is 0.608. The second-order valence-electron chi connectivity index (χ2n) is 12.6. The smallest absolute Gasteiger partial charge is 0.164 e. The van der Waals surface area contributed by atoms with Gasteiger partial charge in [0.25, 0.3) is 0 Å². The van der Waals surface area contributed by atoms with E-state index < -0.39 is 0 Å². The first kappa shape index (κ1) is 28.8. The molecule has 232 valence electrons. The highest BCUT2D eigenvalue weighted by molar-refractivity contribution is 6.11. The maximum absolute atomic E-state index is 6.25. The van der Waals surface area contributed by atoms with Gasteiger partial charge in [0.2, 0.25) is 0 Å². The maximum Gasteiger partial charge on any atom is 0.164 e. The lowest BCUT2D eigenvalue weighted by molar-refractivity contribution is 0.669. The van der Waals surface area contributed by atoms with Gasteiger partial charge in [-0.2, -0.15) is 0 Å². The number of fused-ring (bicyclic) bond motifs is 4. The van der Waals surface area contributed by atoms with E-state index in [0.717, 1.165) is 66.1 Å². The SMILES string of the molecule is Cc1ccc(-c2ccc3cc(-c4nc(-c5cc(-c6ccccc6)ccc5C)nc(-c5cccc6oc7ccccc7c56)n4)ccc3c2)cc1. The molecular formula is C45H31N3O. The van der Waals surface area contributed by atoms with Crippen LogP contribution < -0.4 is 0 Å². The number of aryl methyl sites for hydroxylation is 2. The summed E-state index contributed by atoms with van der Waals surface area (Å²) >= 11 is 0. The predicted octanol–water partition coefficient (Wildman–Crippen LogP) is 11.9. The van der Waals surface area contributed by atoms with Gasteiger partial charge in [0, 0.05) is 27.5 Å². The Balaban J connectivity index is 1.24. The summed E-state index contributed by atoms with van der Waals surface area (Å²) in [5.74, 6) is 1.87. The third-order valence-electron chi connectivity index (χ3n) is 9.35. The van der Waals surface area contributed by atoms with Crippen LogP contribution in [0, 0.1) is 13.8 Å². The molecule has 0 radical (unpaired) electrons. The Kier molecular flexibility index (Phi) is 6.87. The highest BCUT2D eigenvalue weighted by atomic mass is 16.3. The van der Waals surface area contributed by atoms with Gasteiger partial charge in [0.15, 0.2) is 17.5 Å². The van der Waals surface area contributed by atoms with Crippen molar-refractivity contribution in [3.05, 3.63) is 163 Å². The molecule has 4 heteroatoms. The molecule has 0 unspecified atom stereocenters. The Morgan fingerprint density at radius 1 is 0.408 bits per heavy atom. The number of rotatable bonds is 5. The molecule has 0 aliphatic heterocycles. The third-order valence-corrected chi connectivity index (χ3v) is 9.35. The molecule has 0 amide bonds. The number of hydrogen-bond acceptors (Lipinski definition) is 4. The van der Waals surface area contributed by atoms with Crippen LogP contribution in [0.15, 0.2) is 156 Å². The first-order chi connectivity index (χ1) is 24.1. The molecule has 0 aliphatic carbocycles. The first-order valence-corrected chi connectivity index (χ1v) is 16.5. The molecule has 0 atom stereocenters. The van der Waals surface area contributed by atoms with Gasteiger partial charge in [-0.15, -0.1) is 0 Å². The largest absolute Gasteiger partial charge is 0.456 e. The lowest BCUT2D eigenvalue weighted by Crippen LogP contribution is -2.01. The summed E-state index contributed by atoms with van der Waals surface area (Å²) in [6.45, 7) is 4.22. The van der Waals surface area contributed by atoms with Crippen molar-refractivity contribution in [1.82, 2.24) is 15.0 Å². The summed E-state index contributed by atoms with van der Waals surface area (Å²) in [5, 5.41) is 4.33. The lowest BCUT2D eigenvalue weighted by Gasteiger charge is -2.13. The molecule has 7 aromatic carbocycles. The molecule has 0 saturated heterocycles. The second-order valence-corrected chi connectivity index (χ2v) is 12.6. The molecule has 0 fully saturated rings. The van der Waals surface area contributed by atoms with E-state index in [1.165, 1.54) is 16.7 Å². The second kappa shape index (κ2) is 11.7. The van der Waals surface area contributed by atoms with Gasteiger partial charge in [-0.05, 0) is 82.8 Å². The molecule has 0 bridgehead atoms. The van der Waals surface area contributed by atoms with Gasteiger partial charge in [-0.3, -0.25) is 0 Å². The van der Waals surface area contributed by atoms with Crippen molar-refractivity contribution in [2.75, 3.05) is 0 Å². The molecule has 9 rings (SSSR count). The summed E-state index contributed by atoms with van der Waals surface area (Å²) in [6.07, 6.45) is 0. The van der Waals surface area contributed by atoms with Gasteiger partial charge >= 0.3 is 0 Å². The van der Waals surface area contributed by atoms with E-state index in [1.54, 1.807) is 0 Å².